The number of ether oxygens (including phenoxy) is 1. The van der Waals surface area contributed by atoms with Crippen LogP contribution in [0.5, 0.6) is 11.6 Å². The fourth-order valence-electron chi connectivity index (χ4n) is 3.70. The largest absolute Gasteiger partial charge is 0.434 e. The predicted molar refractivity (Wildman–Crippen MR) is 131 cm³/mol. The van der Waals surface area contributed by atoms with E-state index in [9.17, 15) is 18.4 Å². The zero-order valence-electron chi connectivity index (χ0n) is 19.3. The van der Waals surface area contributed by atoms with Crippen molar-refractivity contribution in [2.24, 2.45) is 0 Å². The van der Waals surface area contributed by atoms with Gasteiger partial charge in [0.15, 0.2) is 11.6 Å². The quantitative estimate of drug-likeness (QED) is 0.364. The number of fused-ring (bicyclic) bond motifs is 1. The maximum absolute atomic E-state index is 14.8. The number of amides is 2. The Morgan fingerprint density at radius 2 is 1.89 bits per heavy atom. The fraction of sp³-hybridized carbons (Fsp3) is 0.115. The lowest BCUT2D eigenvalue weighted by Crippen LogP contribution is -2.28. The molecule has 3 aromatic heterocycles. The lowest BCUT2D eigenvalue weighted by molar-refractivity contribution is -0.126. The molecule has 3 heterocycles. The molecule has 0 saturated heterocycles. The molecule has 9 nitrogen and oxygen atoms in total. The van der Waals surface area contributed by atoms with E-state index in [4.69, 9.17) is 4.74 Å². The van der Waals surface area contributed by atoms with Crippen molar-refractivity contribution < 1.29 is 23.1 Å². The Kier molecular flexibility index (Phi) is 6.66. The molecule has 0 bridgehead atoms. The number of hydrogen-bond donors (Lipinski definition) is 2. The van der Waals surface area contributed by atoms with E-state index in [-0.39, 0.29) is 23.7 Å². The second-order valence-corrected chi connectivity index (χ2v) is 8.15. The van der Waals surface area contributed by atoms with E-state index in [2.05, 4.69) is 25.7 Å². The first-order chi connectivity index (χ1) is 17.9. The minimum absolute atomic E-state index is 0.106. The molecular weight excluding hydrogens is 482 g/mol. The summed E-state index contributed by atoms with van der Waals surface area (Å²) in [5.74, 6) is -1.91. The van der Waals surface area contributed by atoms with Gasteiger partial charge in [-0.2, -0.15) is 10.1 Å². The minimum atomic E-state index is -1.08. The smallest absolute Gasteiger partial charge is 0.247 e. The number of nitrogens with one attached hydrogen (secondary N) is 2. The van der Waals surface area contributed by atoms with Gasteiger partial charge < -0.3 is 15.4 Å². The minimum Gasteiger partial charge on any atom is -0.434 e. The van der Waals surface area contributed by atoms with Crippen molar-refractivity contribution in [3.8, 4) is 22.8 Å². The van der Waals surface area contributed by atoms with E-state index >= 15 is 0 Å². The number of carbonyl (C=O) groups is 2. The normalized spacial score (nSPS) is 14.8. The van der Waals surface area contributed by atoms with Crippen LogP contribution >= 0.6 is 0 Å². The molecule has 0 aliphatic heterocycles. The summed E-state index contributed by atoms with van der Waals surface area (Å²) in [5, 5.41) is 9.17. The summed E-state index contributed by atoms with van der Waals surface area (Å²) in [4.78, 5) is 32.4. The standard InChI is InChI=1S/C26H20F2N6O3/c27-18-1-3-19(4-2-18)32-24(35)13-25(36)33-20-5-6-23(21(28)12-20)37-26-22-11-17(14-34(22)31-15-30-26)16-7-9-29-10-8-16/h1,3-12,14-15,18H,2,13H2,(H,32,35)(H,33,36). The van der Waals surface area contributed by atoms with Gasteiger partial charge in [-0.1, -0.05) is 6.08 Å². The van der Waals surface area contributed by atoms with Gasteiger partial charge in [-0.15, -0.1) is 0 Å². The number of hydrogen-bond acceptors (Lipinski definition) is 6. The average Bonchev–Trinajstić information content (AvgIpc) is 3.33. The molecule has 1 atom stereocenters. The van der Waals surface area contributed by atoms with Gasteiger partial charge in [0.1, 0.15) is 24.4 Å². The average molecular weight is 502 g/mol. The molecule has 1 aromatic carbocycles. The van der Waals surface area contributed by atoms with Crippen LogP contribution < -0.4 is 15.4 Å². The Labute approximate surface area is 209 Å². The van der Waals surface area contributed by atoms with Crippen molar-refractivity contribution in [2.45, 2.75) is 19.0 Å². The fourth-order valence-corrected chi connectivity index (χ4v) is 3.70. The molecule has 4 aromatic rings. The summed E-state index contributed by atoms with van der Waals surface area (Å²) >= 11 is 0. The zero-order chi connectivity index (χ0) is 25.8. The third-order valence-corrected chi connectivity index (χ3v) is 5.46. The van der Waals surface area contributed by atoms with Crippen molar-refractivity contribution in [3.63, 3.8) is 0 Å². The third kappa shape index (κ3) is 5.67. The number of rotatable bonds is 7. The highest BCUT2D eigenvalue weighted by molar-refractivity contribution is 6.04. The molecule has 37 heavy (non-hydrogen) atoms. The van der Waals surface area contributed by atoms with E-state index in [0.717, 1.165) is 17.2 Å². The van der Waals surface area contributed by atoms with Gasteiger partial charge in [0.25, 0.3) is 0 Å². The van der Waals surface area contributed by atoms with Crippen LogP contribution in [0.4, 0.5) is 14.5 Å². The Hall–Kier alpha value is -4.93. The van der Waals surface area contributed by atoms with Crippen LogP contribution in [0, 0.1) is 5.82 Å². The Bertz CT molecular complexity index is 1530. The first kappa shape index (κ1) is 23.8. The summed E-state index contributed by atoms with van der Waals surface area (Å²) in [5.41, 5.74) is 2.88. The number of benzene rings is 1. The molecule has 0 fully saturated rings. The van der Waals surface area contributed by atoms with Crippen LogP contribution in [0.3, 0.4) is 0 Å². The number of allylic oxidation sites excluding steroid dienone is 3. The molecule has 1 aliphatic rings. The number of carbonyl (C=O) groups excluding carboxylic acids is 2. The van der Waals surface area contributed by atoms with Crippen molar-refractivity contribution in [1.82, 2.24) is 24.9 Å². The monoisotopic (exact) mass is 502 g/mol. The highest BCUT2D eigenvalue weighted by Crippen LogP contribution is 2.30. The molecule has 11 heteroatoms. The van der Waals surface area contributed by atoms with E-state index < -0.39 is 30.2 Å². The van der Waals surface area contributed by atoms with Gasteiger partial charge in [0, 0.05) is 48.0 Å². The molecule has 2 N–H and O–H groups in total. The number of alkyl halides is 1. The van der Waals surface area contributed by atoms with Crippen LogP contribution in [0.25, 0.3) is 16.6 Å². The number of anilines is 1. The van der Waals surface area contributed by atoms with Crippen molar-refractivity contribution >= 4 is 23.0 Å². The summed E-state index contributed by atoms with van der Waals surface area (Å²) in [6.45, 7) is 0. The van der Waals surface area contributed by atoms with E-state index in [0.29, 0.717) is 11.2 Å². The van der Waals surface area contributed by atoms with Crippen LogP contribution in [0.1, 0.15) is 12.8 Å². The van der Waals surface area contributed by atoms with Gasteiger partial charge in [-0.3, -0.25) is 14.6 Å². The summed E-state index contributed by atoms with van der Waals surface area (Å²) in [7, 11) is 0. The molecule has 5 rings (SSSR count). The molecule has 0 spiro atoms. The lowest BCUT2D eigenvalue weighted by atomic mass is 10.1. The maximum atomic E-state index is 14.8. The molecule has 0 saturated carbocycles. The molecular formula is C26H20F2N6O3. The topological polar surface area (TPSA) is 111 Å². The summed E-state index contributed by atoms with van der Waals surface area (Å²) in [6, 6.07) is 9.39. The number of nitrogens with zero attached hydrogens (tertiary/aromatic N) is 4. The van der Waals surface area contributed by atoms with E-state index in [1.165, 1.54) is 36.7 Å². The van der Waals surface area contributed by atoms with Crippen molar-refractivity contribution in [2.75, 3.05) is 5.32 Å². The van der Waals surface area contributed by atoms with E-state index in [1.54, 1.807) is 23.1 Å². The number of halogens is 2. The van der Waals surface area contributed by atoms with Gasteiger partial charge in [-0.25, -0.2) is 13.3 Å². The van der Waals surface area contributed by atoms with Crippen molar-refractivity contribution in [3.05, 3.63) is 91.1 Å². The SMILES string of the molecule is O=C(CC(=O)Nc1ccc(Oc2ncnn3cc(-c4ccncc4)cc23)c(F)c1)NC1=CCC(F)C=C1. The van der Waals surface area contributed by atoms with Crippen LogP contribution in [0.15, 0.2) is 85.2 Å². The van der Waals surface area contributed by atoms with Gasteiger partial charge in [0.05, 0.1) is 0 Å². The summed E-state index contributed by atoms with van der Waals surface area (Å²) < 4.78 is 35.2. The zero-order valence-corrected chi connectivity index (χ0v) is 19.3. The molecule has 2 amide bonds. The highest BCUT2D eigenvalue weighted by atomic mass is 19.1. The lowest BCUT2D eigenvalue weighted by Gasteiger charge is -2.12. The number of aromatic nitrogens is 4. The summed E-state index contributed by atoms with van der Waals surface area (Å²) in [6.07, 6.45) is 9.33. The van der Waals surface area contributed by atoms with Gasteiger partial charge >= 0.3 is 0 Å². The third-order valence-electron chi connectivity index (χ3n) is 5.46. The first-order valence-corrected chi connectivity index (χ1v) is 11.3. The van der Waals surface area contributed by atoms with Gasteiger partial charge in [-0.05, 0) is 48.0 Å². The van der Waals surface area contributed by atoms with Crippen LogP contribution in [-0.4, -0.2) is 37.6 Å². The molecule has 1 aliphatic carbocycles. The van der Waals surface area contributed by atoms with Crippen LogP contribution in [-0.2, 0) is 9.59 Å². The highest BCUT2D eigenvalue weighted by Gasteiger charge is 2.16. The second-order valence-electron chi connectivity index (χ2n) is 8.15. The van der Waals surface area contributed by atoms with Crippen LogP contribution in [0.2, 0.25) is 0 Å². The van der Waals surface area contributed by atoms with Crippen molar-refractivity contribution in [1.29, 1.82) is 0 Å². The Balaban J connectivity index is 1.24. The predicted octanol–water partition coefficient (Wildman–Crippen LogP) is 4.35. The second kappa shape index (κ2) is 10.4. The first-order valence-electron chi connectivity index (χ1n) is 11.3. The molecule has 186 valence electrons. The molecule has 0 radical (unpaired) electrons. The van der Waals surface area contributed by atoms with Gasteiger partial charge in [0.2, 0.25) is 17.7 Å². The number of pyridine rings is 1. The maximum Gasteiger partial charge on any atom is 0.247 e. The Morgan fingerprint density at radius 1 is 1.08 bits per heavy atom. The van der Waals surface area contributed by atoms with E-state index in [1.807, 2.05) is 18.2 Å². The Morgan fingerprint density at radius 3 is 2.65 bits per heavy atom. The molecule has 1 unspecified atom stereocenters.